The number of hydrogen-bond acceptors (Lipinski definition) is 3. The summed E-state index contributed by atoms with van der Waals surface area (Å²) in [5.41, 5.74) is 0. The van der Waals surface area contributed by atoms with Crippen LogP contribution in [0.15, 0.2) is 0 Å². The smallest absolute Gasteiger partial charge is 0.0664 e. The van der Waals surface area contributed by atoms with Gasteiger partial charge in [-0.15, -0.1) is 0 Å². The van der Waals surface area contributed by atoms with Crippen LogP contribution < -0.4 is 5.32 Å². The lowest BCUT2D eigenvalue weighted by Gasteiger charge is -2.37. The quantitative estimate of drug-likeness (QED) is 0.671. The number of nitrogens with zero attached hydrogens (tertiary/aromatic N) is 1. The second-order valence-corrected chi connectivity index (χ2v) is 4.15. The van der Waals surface area contributed by atoms with E-state index >= 15 is 0 Å². The zero-order valence-corrected chi connectivity index (χ0v) is 8.95. The van der Waals surface area contributed by atoms with Gasteiger partial charge in [0.25, 0.3) is 0 Å². The van der Waals surface area contributed by atoms with Crippen molar-refractivity contribution < 1.29 is 5.11 Å². The molecule has 0 amide bonds. The van der Waals surface area contributed by atoms with Crippen molar-refractivity contribution in [2.75, 3.05) is 20.1 Å². The summed E-state index contributed by atoms with van der Waals surface area (Å²) in [5.74, 6) is 0. The first-order valence-electron chi connectivity index (χ1n) is 5.23. The molecule has 2 N–H and O–H groups in total. The number of likely N-dealkylation sites (N-methyl/N-ethyl adjacent to an activating group) is 1. The fourth-order valence-electron chi connectivity index (χ4n) is 1.85. The maximum Gasteiger partial charge on any atom is 0.0664 e. The van der Waals surface area contributed by atoms with Gasteiger partial charge in [0.15, 0.2) is 0 Å². The molecule has 1 aliphatic rings. The predicted molar refractivity (Wildman–Crippen MR) is 54.8 cm³/mol. The molecule has 1 heterocycles. The van der Waals surface area contributed by atoms with E-state index in [1.807, 2.05) is 6.92 Å². The first-order valence-corrected chi connectivity index (χ1v) is 5.23. The monoisotopic (exact) mass is 186 g/mol. The van der Waals surface area contributed by atoms with Gasteiger partial charge in [0.05, 0.1) is 6.10 Å². The maximum absolute atomic E-state index is 9.46. The van der Waals surface area contributed by atoms with Crippen LogP contribution in [0.1, 0.15) is 26.7 Å². The van der Waals surface area contributed by atoms with Gasteiger partial charge < -0.3 is 10.4 Å². The second kappa shape index (κ2) is 4.94. The molecule has 1 rings (SSSR count). The van der Waals surface area contributed by atoms with Crippen molar-refractivity contribution in [1.29, 1.82) is 0 Å². The molecule has 0 saturated carbocycles. The summed E-state index contributed by atoms with van der Waals surface area (Å²) < 4.78 is 0. The second-order valence-electron chi connectivity index (χ2n) is 4.15. The number of piperidine rings is 1. The van der Waals surface area contributed by atoms with Gasteiger partial charge in [-0.3, -0.25) is 4.90 Å². The average molecular weight is 186 g/mol. The van der Waals surface area contributed by atoms with Crippen LogP contribution in [0.5, 0.6) is 0 Å². The van der Waals surface area contributed by atoms with Crippen LogP contribution in [0, 0.1) is 0 Å². The van der Waals surface area contributed by atoms with Crippen LogP contribution in [0.3, 0.4) is 0 Å². The molecule has 1 saturated heterocycles. The van der Waals surface area contributed by atoms with E-state index in [4.69, 9.17) is 0 Å². The van der Waals surface area contributed by atoms with Gasteiger partial charge in [-0.2, -0.15) is 0 Å². The van der Waals surface area contributed by atoms with Gasteiger partial charge in [0.1, 0.15) is 0 Å². The molecule has 0 radical (unpaired) electrons. The Hall–Kier alpha value is -0.120. The number of aliphatic hydroxyl groups is 1. The van der Waals surface area contributed by atoms with E-state index in [0.29, 0.717) is 6.04 Å². The molecule has 3 atom stereocenters. The third-order valence-electron chi connectivity index (χ3n) is 3.19. The van der Waals surface area contributed by atoms with Crippen molar-refractivity contribution in [2.24, 2.45) is 0 Å². The molecule has 0 aromatic carbocycles. The first kappa shape index (κ1) is 11.0. The molecule has 1 fully saturated rings. The summed E-state index contributed by atoms with van der Waals surface area (Å²) in [5, 5.41) is 12.8. The number of aliphatic hydroxyl groups excluding tert-OH is 1. The van der Waals surface area contributed by atoms with Gasteiger partial charge in [-0.1, -0.05) is 0 Å². The highest BCUT2D eigenvalue weighted by molar-refractivity contribution is 4.81. The molecule has 13 heavy (non-hydrogen) atoms. The van der Waals surface area contributed by atoms with Gasteiger partial charge in [-0.05, 0) is 40.3 Å². The summed E-state index contributed by atoms with van der Waals surface area (Å²) in [7, 11) is 2.11. The highest BCUT2D eigenvalue weighted by Gasteiger charge is 2.23. The van der Waals surface area contributed by atoms with E-state index < -0.39 is 0 Å². The molecule has 1 aliphatic heterocycles. The van der Waals surface area contributed by atoms with E-state index in [1.54, 1.807) is 0 Å². The van der Waals surface area contributed by atoms with E-state index in [2.05, 4.69) is 24.2 Å². The van der Waals surface area contributed by atoms with Crippen molar-refractivity contribution in [3.8, 4) is 0 Å². The lowest BCUT2D eigenvalue weighted by Crippen LogP contribution is -2.50. The normalized spacial score (nSPS) is 28.8. The first-order chi connectivity index (χ1) is 6.13. The Labute approximate surface area is 81.1 Å². The van der Waals surface area contributed by atoms with E-state index in [1.165, 1.54) is 12.8 Å². The summed E-state index contributed by atoms with van der Waals surface area (Å²) in [6, 6.07) is 0.850. The topological polar surface area (TPSA) is 35.5 Å². The molecular formula is C10H22N2O. The Kier molecular flexibility index (Phi) is 4.16. The molecule has 0 aromatic heterocycles. The molecule has 0 aromatic rings. The summed E-state index contributed by atoms with van der Waals surface area (Å²) in [4.78, 5) is 2.29. The minimum absolute atomic E-state index is 0.244. The highest BCUT2D eigenvalue weighted by Crippen LogP contribution is 2.13. The van der Waals surface area contributed by atoms with Crippen LogP contribution in [-0.4, -0.2) is 48.3 Å². The standard InChI is InChI=1S/C10H22N2O/c1-8(9(2)13)12(3)10-5-4-6-11-7-10/h8-11,13H,4-7H2,1-3H3. The van der Waals surface area contributed by atoms with Crippen LogP contribution >= 0.6 is 0 Å². The van der Waals surface area contributed by atoms with Crippen molar-refractivity contribution in [3.63, 3.8) is 0 Å². The SMILES string of the molecule is CC(O)C(C)N(C)C1CCCNC1. The summed E-state index contributed by atoms with van der Waals surface area (Å²) in [6.45, 7) is 6.15. The molecule has 0 bridgehead atoms. The maximum atomic E-state index is 9.46. The molecule has 0 spiro atoms. The van der Waals surface area contributed by atoms with Gasteiger partial charge in [-0.25, -0.2) is 0 Å². The van der Waals surface area contributed by atoms with Gasteiger partial charge in [0.2, 0.25) is 0 Å². The largest absolute Gasteiger partial charge is 0.392 e. The summed E-state index contributed by atoms with van der Waals surface area (Å²) >= 11 is 0. The number of rotatable bonds is 3. The van der Waals surface area contributed by atoms with Crippen LogP contribution in [0.25, 0.3) is 0 Å². The minimum Gasteiger partial charge on any atom is -0.392 e. The van der Waals surface area contributed by atoms with E-state index in [0.717, 1.165) is 13.1 Å². The Morgan fingerprint density at radius 1 is 1.46 bits per heavy atom. The highest BCUT2D eigenvalue weighted by atomic mass is 16.3. The molecule has 3 unspecified atom stereocenters. The number of hydrogen-bond donors (Lipinski definition) is 2. The fourth-order valence-corrected chi connectivity index (χ4v) is 1.85. The minimum atomic E-state index is -0.244. The third kappa shape index (κ3) is 2.93. The van der Waals surface area contributed by atoms with Crippen LogP contribution in [0.4, 0.5) is 0 Å². The lowest BCUT2D eigenvalue weighted by atomic mass is 10.0. The van der Waals surface area contributed by atoms with Crippen molar-refractivity contribution in [3.05, 3.63) is 0 Å². The Morgan fingerprint density at radius 3 is 2.62 bits per heavy atom. The van der Waals surface area contributed by atoms with E-state index in [9.17, 15) is 5.11 Å². The third-order valence-corrected chi connectivity index (χ3v) is 3.19. The zero-order chi connectivity index (χ0) is 9.84. The van der Waals surface area contributed by atoms with Crippen LogP contribution in [0.2, 0.25) is 0 Å². The van der Waals surface area contributed by atoms with Gasteiger partial charge >= 0.3 is 0 Å². The summed E-state index contributed by atoms with van der Waals surface area (Å²) in [6.07, 6.45) is 2.26. The fraction of sp³-hybridized carbons (Fsp3) is 1.00. The molecule has 3 heteroatoms. The molecule has 3 nitrogen and oxygen atoms in total. The number of nitrogens with one attached hydrogen (secondary N) is 1. The van der Waals surface area contributed by atoms with Crippen molar-refractivity contribution in [1.82, 2.24) is 10.2 Å². The molecular weight excluding hydrogens is 164 g/mol. The van der Waals surface area contributed by atoms with Crippen LogP contribution in [-0.2, 0) is 0 Å². The molecule has 0 aliphatic carbocycles. The average Bonchev–Trinajstić information content (AvgIpc) is 2.17. The Balaban J connectivity index is 2.40. The Morgan fingerprint density at radius 2 is 2.15 bits per heavy atom. The van der Waals surface area contributed by atoms with Gasteiger partial charge in [0, 0.05) is 18.6 Å². The van der Waals surface area contributed by atoms with Crippen molar-refractivity contribution >= 4 is 0 Å². The lowest BCUT2D eigenvalue weighted by molar-refractivity contribution is 0.0538. The predicted octanol–water partition coefficient (Wildman–Crippen LogP) is 0.439. The Bertz CT molecular complexity index is 144. The zero-order valence-electron chi connectivity index (χ0n) is 8.95. The van der Waals surface area contributed by atoms with Crippen molar-refractivity contribution in [2.45, 2.75) is 44.9 Å². The molecule has 78 valence electrons. The van der Waals surface area contributed by atoms with E-state index in [-0.39, 0.29) is 12.1 Å².